The Morgan fingerprint density at radius 2 is 0.910 bits per heavy atom. The molecule has 20 nitrogen and oxygen atoms in total. The lowest BCUT2D eigenvalue weighted by Gasteiger charge is -2.27. The minimum Gasteiger partial charge on any atom is -0.379 e. The molecule has 2 aliphatic rings. The fourth-order valence-corrected chi connectivity index (χ4v) is 6.65. The van der Waals surface area contributed by atoms with Crippen molar-refractivity contribution in [1.82, 2.24) is 10.2 Å². The zero-order valence-electron chi connectivity index (χ0n) is 39.7. The average Bonchev–Trinajstić information content (AvgIpc) is 3.57. The predicted octanol–water partition coefficient (Wildman–Crippen LogP) is 3.37. The molecule has 2 heterocycles. The van der Waals surface area contributed by atoms with Crippen LogP contribution in [-0.2, 0) is 71.2 Å². The first-order valence-corrected chi connectivity index (χ1v) is 24.0. The van der Waals surface area contributed by atoms with E-state index in [1.54, 1.807) is 12.1 Å². The first-order chi connectivity index (χ1) is 32.9. The number of anilines is 1. The highest BCUT2D eigenvalue weighted by Gasteiger charge is 2.45. The van der Waals surface area contributed by atoms with E-state index in [2.05, 4.69) is 17.6 Å². The van der Waals surface area contributed by atoms with E-state index < -0.39 is 29.7 Å². The van der Waals surface area contributed by atoms with Crippen LogP contribution in [0.5, 0.6) is 0 Å². The zero-order chi connectivity index (χ0) is 47.8. The number of amides is 5. The Labute approximate surface area is 395 Å². The molecule has 0 spiro atoms. The molecule has 1 aromatic carbocycles. The lowest BCUT2D eigenvalue weighted by Crippen LogP contribution is -2.54. The lowest BCUT2D eigenvalue weighted by molar-refractivity contribution is -0.136. The van der Waals surface area contributed by atoms with Gasteiger partial charge in [-0.2, -0.15) is 0 Å². The van der Waals surface area contributed by atoms with Crippen molar-refractivity contribution in [3.05, 3.63) is 29.3 Å². The highest BCUT2D eigenvalue weighted by Crippen LogP contribution is 2.32. The van der Waals surface area contributed by atoms with Gasteiger partial charge in [0.25, 0.3) is 11.8 Å². The maximum absolute atomic E-state index is 13.2. The highest BCUT2D eigenvalue weighted by atomic mass is 16.6. The number of imide groups is 2. The van der Waals surface area contributed by atoms with Crippen molar-refractivity contribution in [3.8, 4) is 0 Å². The van der Waals surface area contributed by atoms with Gasteiger partial charge in [0.2, 0.25) is 17.7 Å². The van der Waals surface area contributed by atoms with Crippen molar-refractivity contribution in [2.75, 3.05) is 164 Å². The number of carbonyl (C=O) groups excluding carboxylic acids is 5. The van der Waals surface area contributed by atoms with Crippen molar-refractivity contribution in [2.45, 2.75) is 77.2 Å². The molecule has 382 valence electrons. The SMILES string of the molecule is CCCCCCOCCOCCOCCOCCOCCOCCOCCOCCOCCOCCOCCOCCCCCC(=O)Nc1cccc2c1C(=O)N(C1CCC(=O)NC1=O)C2=O. The minimum atomic E-state index is -1.08. The molecule has 0 aromatic heterocycles. The lowest BCUT2D eigenvalue weighted by atomic mass is 10.0. The standard InChI is InChI=1S/C47H77N3O17/c1-2-3-4-7-15-56-17-19-58-21-23-60-25-27-62-29-31-64-33-35-66-37-38-67-36-34-65-32-30-63-28-26-61-24-22-59-20-18-57-16-8-5-6-12-42(51)48-40-11-9-10-39-44(40)47(55)50(46(39)54)41-13-14-43(52)49-45(41)53/h9-11,41H,2-8,12-38H2,1H3,(H,48,51)(H,49,52,53). The summed E-state index contributed by atoms with van der Waals surface area (Å²) in [6, 6.07) is 3.53. The van der Waals surface area contributed by atoms with E-state index in [9.17, 15) is 24.0 Å². The van der Waals surface area contributed by atoms with Gasteiger partial charge in [-0.25, -0.2) is 0 Å². The number of unbranched alkanes of at least 4 members (excludes halogenated alkanes) is 5. The van der Waals surface area contributed by atoms with Crippen molar-refractivity contribution < 1.29 is 80.8 Å². The summed E-state index contributed by atoms with van der Waals surface area (Å²) in [4.78, 5) is 63.6. The van der Waals surface area contributed by atoms with Crippen molar-refractivity contribution in [3.63, 3.8) is 0 Å². The largest absolute Gasteiger partial charge is 0.379 e. The summed E-state index contributed by atoms with van der Waals surface area (Å²) in [5.74, 6) is -2.72. The van der Waals surface area contributed by atoms with Gasteiger partial charge in [-0.1, -0.05) is 38.7 Å². The van der Waals surface area contributed by atoms with E-state index in [4.69, 9.17) is 56.8 Å². The van der Waals surface area contributed by atoms with Crippen LogP contribution >= 0.6 is 0 Å². The van der Waals surface area contributed by atoms with Crippen LogP contribution in [0, 0.1) is 0 Å². The fraction of sp³-hybridized carbons (Fsp3) is 0.766. The number of ether oxygens (including phenoxy) is 12. The number of carbonyl (C=O) groups is 5. The second-order valence-electron chi connectivity index (χ2n) is 15.4. The normalized spacial score (nSPS) is 14.9. The summed E-state index contributed by atoms with van der Waals surface area (Å²) in [5.41, 5.74) is 0.380. The smallest absolute Gasteiger partial charge is 0.264 e. The first-order valence-electron chi connectivity index (χ1n) is 24.0. The highest BCUT2D eigenvalue weighted by molar-refractivity contribution is 6.26. The Balaban J connectivity index is 0.960. The minimum absolute atomic E-state index is 0.0270. The second-order valence-corrected chi connectivity index (χ2v) is 15.4. The number of hydrogen-bond acceptors (Lipinski definition) is 17. The molecule has 1 atom stereocenters. The third-order valence-corrected chi connectivity index (χ3v) is 10.2. The third kappa shape index (κ3) is 26.7. The molecule has 20 heteroatoms. The molecule has 0 radical (unpaired) electrons. The van der Waals surface area contributed by atoms with E-state index in [1.807, 2.05) is 0 Å². The molecule has 1 fully saturated rings. The Hall–Kier alpha value is -3.51. The topological polar surface area (TPSA) is 223 Å². The van der Waals surface area contributed by atoms with E-state index in [-0.39, 0.29) is 42.0 Å². The Kier molecular flexibility index (Phi) is 33.9. The Morgan fingerprint density at radius 1 is 0.522 bits per heavy atom. The molecule has 0 bridgehead atoms. The van der Waals surface area contributed by atoms with Crippen LogP contribution in [0.15, 0.2) is 18.2 Å². The molecule has 1 saturated heterocycles. The van der Waals surface area contributed by atoms with Crippen LogP contribution < -0.4 is 10.6 Å². The maximum Gasteiger partial charge on any atom is 0.264 e. The van der Waals surface area contributed by atoms with E-state index in [0.717, 1.165) is 30.8 Å². The maximum atomic E-state index is 13.2. The van der Waals surface area contributed by atoms with Crippen LogP contribution in [0.1, 0.15) is 91.8 Å². The molecule has 2 N–H and O–H groups in total. The van der Waals surface area contributed by atoms with Crippen LogP contribution in [0.4, 0.5) is 5.69 Å². The number of nitrogens with one attached hydrogen (secondary N) is 2. The number of piperidine rings is 1. The summed E-state index contributed by atoms with van der Waals surface area (Å²) >= 11 is 0. The molecular weight excluding hydrogens is 879 g/mol. The average molecular weight is 956 g/mol. The number of nitrogens with zero attached hydrogens (tertiary/aromatic N) is 1. The zero-order valence-corrected chi connectivity index (χ0v) is 39.7. The monoisotopic (exact) mass is 956 g/mol. The van der Waals surface area contributed by atoms with Gasteiger partial charge in [-0.15, -0.1) is 0 Å². The number of rotatable bonds is 46. The van der Waals surface area contributed by atoms with Gasteiger partial charge < -0.3 is 62.2 Å². The van der Waals surface area contributed by atoms with Crippen LogP contribution in [0.3, 0.4) is 0 Å². The summed E-state index contributed by atoms with van der Waals surface area (Å²) in [7, 11) is 0. The van der Waals surface area contributed by atoms with Crippen molar-refractivity contribution in [1.29, 1.82) is 0 Å². The van der Waals surface area contributed by atoms with Crippen molar-refractivity contribution >= 4 is 35.2 Å². The van der Waals surface area contributed by atoms with Gasteiger partial charge >= 0.3 is 0 Å². The fourth-order valence-electron chi connectivity index (χ4n) is 6.65. The quantitative estimate of drug-likeness (QED) is 0.0706. The molecule has 0 saturated carbocycles. The second kappa shape index (κ2) is 39.3. The van der Waals surface area contributed by atoms with E-state index in [0.29, 0.717) is 158 Å². The molecule has 1 aromatic rings. The molecule has 5 amide bonds. The summed E-state index contributed by atoms with van der Waals surface area (Å²) in [6.45, 7) is 14.4. The number of fused-ring (bicyclic) bond motifs is 1. The third-order valence-electron chi connectivity index (χ3n) is 10.2. The van der Waals surface area contributed by atoms with Crippen molar-refractivity contribution in [2.24, 2.45) is 0 Å². The summed E-state index contributed by atoms with van der Waals surface area (Å²) in [5, 5.41) is 4.91. The summed E-state index contributed by atoms with van der Waals surface area (Å²) in [6.07, 6.45) is 7.29. The van der Waals surface area contributed by atoms with Gasteiger partial charge in [0.1, 0.15) is 6.04 Å². The molecular formula is C47H77N3O17. The predicted molar refractivity (Wildman–Crippen MR) is 244 cm³/mol. The van der Waals surface area contributed by atoms with Gasteiger partial charge in [-0.05, 0) is 37.8 Å². The molecule has 1 unspecified atom stereocenters. The van der Waals surface area contributed by atoms with Crippen LogP contribution in [-0.4, -0.2) is 199 Å². The van der Waals surface area contributed by atoms with Gasteiger partial charge in [0.15, 0.2) is 0 Å². The van der Waals surface area contributed by atoms with Gasteiger partial charge in [0.05, 0.1) is 162 Å². The molecule has 0 aliphatic carbocycles. The van der Waals surface area contributed by atoms with Gasteiger partial charge in [-0.3, -0.25) is 34.2 Å². The van der Waals surface area contributed by atoms with E-state index in [1.165, 1.54) is 25.3 Å². The Bertz CT molecular complexity index is 1500. The van der Waals surface area contributed by atoms with E-state index >= 15 is 0 Å². The number of benzene rings is 1. The van der Waals surface area contributed by atoms with Crippen LogP contribution in [0.2, 0.25) is 0 Å². The molecule has 2 aliphatic heterocycles. The summed E-state index contributed by atoms with van der Waals surface area (Å²) < 4.78 is 66.2. The Morgan fingerprint density at radius 3 is 1.30 bits per heavy atom. The first kappa shape index (κ1) is 57.8. The molecule has 3 rings (SSSR count). The van der Waals surface area contributed by atoms with Crippen LogP contribution in [0.25, 0.3) is 0 Å². The van der Waals surface area contributed by atoms with Gasteiger partial charge in [0, 0.05) is 26.1 Å². The molecule has 67 heavy (non-hydrogen) atoms. The number of hydrogen-bond donors (Lipinski definition) is 2.